The van der Waals surface area contributed by atoms with Crippen LogP contribution in [0, 0.1) is 13.8 Å². The molecule has 152 valence electrons. The van der Waals surface area contributed by atoms with Crippen molar-refractivity contribution in [3.63, 3.8) is 0 Å². The SMILES string of the molecule is CCOc1cc(NC(=O)NCc2cc(C)c(-c3cn(C)nc3C)cn2)cc(Cl)n1. The maximum atomic E-state index is 12.2. The Kier molecular flexibility index (Phi) is 6.33. The van der Waals surface area contributed by atoms with Gasteiger partial charge in [0.05, 0.1) is 30.2 Å². The highest BCUT2D eigenvalue weighted by atomic mass is 35.5. The molecular formula is C20H23ClN6O2. The normalized spacial score (nSPS) is 10.7. The summed E-state index contributed by atoms with van der Waals surface area (Å²) < 4.78 is 7.11. The topological polar surface area (TPSA) is 94.0 Å². The number of hydrogen-bond donors (Lipinski definition) is 2. The highest BCUT2D eigenvalue weighted by Gasteiger charge is 2.11. The van der Waals surface area contributed by atoms with E-state index < -0.39 is 0 Å². The van der Waals surface area contributed by atoms with Crippen LogP contribution in [0.15, 0.2) is 30.6 Å². The van der Waals surface area contributed by atoms with Gasteiger partial charge in [0.15, 0.2) is 0 Å². The number of anilines is 1. The van der Waals surface area contributed by atoms with Crippen LogP contribution >= 0.6 is 11.6 Å². The van der Waals surface area contributed by atoms with Gasteiger partial charge in [0.25, 0.3) is 0 Å². The average Bonchev–Trinajstić information content (AvgIpc) is 2.98. The first-order valence-electron chi connectivity index (χ1n) is 9.17. The summed E-state index contributed by atoms with van der Waals surface area (Å²) in [7, 11) is 1.89. The number of nitrogens with one attached hydrogen (secondary N) is 2. The lowest BCUT2D eigenvalue weighted by Crippen LogP contribution is -2.28. The van der Waals surface area contributed by atoms with E-state index in [1.54, 1.807) is 16.8 Å². The van der Waals surface area contributed by atoms with Crippen molar-refractivity contribution in [3.8, 4) is 17.0 Å². The maximum Gasteiger partial charge on any atom is 0.319 e. The summed E-state index contributed by atoms with van der Waals surface area (Å²) in [5.41, 5.74) is 5.34. The fourth-order valence-corrected chi connectivity index (χ4v) is 3.17. The molecule has 3 heterocycles. The standard InChI is InChI=1S/C20H23ClN6O2/c1-5-29-19-8-14(7-18(21)25-19)24-20(28)23-9-15-6-12(2)16(10-22-15)17-11-27(4)26-13(17)3/h6-8,10-11H,5,9H2,1-4H3,(H2,23,24,25,28). The number of pyridine rings is 2. The molecule has 0 radical (unpaired) electrons. The molecule has 29 heavy (non-hydrogen) atoms. The Morgan fingerprint density at radius 2 is 2.03 bits per heavy atom. The quantitative estimate of drug-likeness (QED) is 0.597. The summed E-state index contributed by atoms with van der Waals surface area (Å²) in [4.78, 5) is 20.7. The largest absolute Gasteiger partial charge is 0.478 e. The predicted octanol–water partition coefficient (Wildman–Crippen LogP) is 3.87. The van der Waals surface area contributed by atoms with Gasteiger partial charge in [-0.2, -0.15) is 5.10 Å². The second-order valence-corrected chi connectivity index (χ2v) is 6.94. The summed E-state index contributed by atoms with van der Waals surface area (Å²) in [6.45, 7) is 6.57. The summed E-state index contributed by atoms with van der Waals surface area (Å²) in [5, 5.41) is 10.1. The number of hydrogen-bond acceptors (Lipinski definition) is 5. The lowest BCUT2D eigenvalue weighted by molar-refractivity contribution is 0.251. The molecule has 3 aromatic heterocycles. The zero-order chi connectivity index (χ0) is 21.0. The van der Waals surface area contributed by atoms with Crippen LogP contribution in [0.25, 0.3) is 11.1 Å². The number of halogens is 1. The van der Waals surface area contributed by atoms with Crippen LogP contribution in [-0.4, -0.2) is 32.4 Å². The van der Waals surface area contributed by atoms with Crippen molar-refractivity contribution < 1.29 is 9.53 Å². The number of aromatic nitrogens is 4. The first-order chi connectivity index (χ1) is 13.9. The predicted molar refractivity (Wildman–Crippen MR) is 112 cm³/mol. The number of carbonyl (C=O) groups excluding carboxylic acids is 1. The van der Waals surface area contributed by atoms with Gasteiger partial charge < -0.3 is 15.4 Å². The second-order valence-electron chi connectivity index (χ2n) is 6.55. The molecule has 0 aliphatic heterocycles. The van der Waals surface area contributed by atoms with Crippen LogP contribution in [0.5, 0.6) is 5.88 Å². The van der Waals surface area contributed by atoms with Gasteiger partial charge in [-0.3, -0.25) is 9.67 Å². The van der Waals surface area contributed by atoms with Gasteiger partial charge in [-0.15, -0.1) is 0 Å². The zero-order valence-corrected chi connectivity index (χ0v) is 17.5. The van der Waals surface area contributed by atoms with E-state index in [1.807, 2.05) is 46.3 Å². The minimum atomic E-state index is -0.374. The van der Waals surface area contributed by atoms with Crippen molar-refractivity contribution in [1.29, 1.82) is 0 Å². The number of aryl methyl sites for hydroxylation is 3. The number of nitrogens with zero attached hydrogens (tertiary/aromatic N) is 4. The van der Waals surface area contributed by atoms with Gasteiger partial charge >= 0.3 is 6.03 Å². The van der Waals surface area contributed by atoms with Crippen LogP contribution in [0.2, 0.25) is 5.15 Å². The van der Waals surface area contributed by atoms with Gasteiger partial charge in [0.2, 0.25) is 5.88 Å². The van der Waals surface area contributed by atoms with E-state index in [0.717, 1.165) is 28.1 Å². The maximum absolute atomic E-state index is 12.2. The Morgan fingerprint density at radius 3 is 2.69 bits per heavy atom. The average molecular weight is 415 g/mol. The van der Waals surface area contributed by atoms with E-state index in [-0.39, 0.29) is 17.7 Å². The van der Waals surface area contributed by atoms with Gasteiger partial charge in [0, 0.05) is 36.6 Å². The molecule has 0 saturated carbocycles. The van der Waals surface area contributed by atoms with Crippen LogP contribution in [-0.2, 0) is 13.6 Å². The van der Waals surface area contributed by atoms with Crippen molar-refractivity contribution in [2.45, 2.75) is 27.3 Å². The number of ether oxygens (including phenoxy) is 1. The molecule has 0 spiro atoms. The summed E-state index contributed by atoms with van der Waals surface area (Å²) >= 11 is 5.96. The van der Waals surface area contributed by atoms with Gasteiger partial charge in [0.1, 0.15) is 5.15 Å². The van der Waals surface area contributed by atoms with Crippen molar-refractivity contribution in [2.75, 3.05) is 11.9 Å². The molecule has 0 unspecified atom stereocenters. The molecule has 3 rings (SSSR count). The summed E-state index contributed by atoms with van der Waals surface area (Å²) in [6.07, 6.45) is 3.78. The van der Waals surface area contributed by atoms with Crippen molar-refractivity contribution in [3.05, 3.63) is 52.7 Å². The smallest absolute Gasteiger partial charge is 0.319 e. The van der Waals surface area contributed by atoms with E-state index in [0.29, 0.717) is 18.2 Å². The molecule has 3 aromatic rings. The minimum absolute atomic E-state index is 0.241. The molecule has 2 amide bonds. The molecular weight excluding hydrogens is 392 g/mol. The highest BCUT2D eigenvalue weighted by Crippen LogP contribution is 2.25. The van der Waals surface area contributed by atoms with E-state index >= 15 is 0 Å². The molecule has 8 nitrogen and oxygen atoms in total. The molecule has 0 aliphatic rings. The van der Waals surface area contributed by atoms with Crippen LogP contribution < -0.4 is 15.4 Å². The molecule has 9 heteroatoms. The Labute approximate surface area is 174 Å². The molecule has 0 aromatic carbocycles. The van der Waals surface area contributed by atoms with E-state index in [9.17, 15) is 4.79 Å². The first kappa shape index (κ1) is 20.6. The first-order valence-corrected chi connectivity index (χ1v) is 9.55. The fraction of sp³-hybridized carbons (Fsp3) is 0.300. The third-order valence-corrected chi connectivity index (χ3v) is 4.42. The number of carbonyl (C=O) groups is 1. The van der Waals surface area contributed by atoms with Crippen molar-refractivity contribution in [2.24, 2.45) is 7.05 Å². The van der Waals surface area contributed by atoms with Gasteiger partial charge in [-0.05, 0) is 38.5 Å². The monoisotopic (exact) mass is 414 g/mol. The minimum Gasteiger partial charge on any atom is -0.478 e. The van der Waals surface area contributed by atoms with E-state index in [1.165, 1.54) is 0 Å². The summed E-state index contributed by atoms with van der Waals surface area (Å²) in [6, 6.07) is 4.75. The van der Waals surface area contributed by atoms with E-state index in [2.05, 4.69) is 25.7 Å². The lowest BCUT2D eigenvalue weighted by Gasteiger charge is -2.11. The molecule has 0 fully saturated rings. The number of amides is 2. The Bertz CT molecular complexity index is 1030. The van der Waals surface area contributed by atoms with Gasteiger partial charge in [-0.25, -0.2) is 9.78 Å². The molecule has 0 atom stereocenters. The number of rotatable bonds is 6. The van der Waals surface area contributed by atoms with E-state index in [4.69, 9.17) is 16.3 Å². The Balaban J connectivity index is 1.63. The fourth-order valence-electron chi connectivity index (χ4n) is 2.97. The van der Waals surface area contributed by atoms with Crippen LogP contribution in [0.1, 0.15) is 23.9 Å². The van der Waals surface area contributed by atoms with Crippen LogP contribution in [0.3, 0.4) is 0 Å². The summed E-state index contributed by atoms with van der Waals surface area (Å²) in [5.74, 6) is 0.355. The Hall–Kier alpha value is -3.13. The lowest BCUT2D eigenvalue weighted by atomic mass is 10.0. The second kappa shape index (κ2) is 8.91. The molecule has 0 aliphatic carbocycles. The van der Waals surface area contributed by atoms with Gasteiger partial charge in [-0.1, -0.05) is 11.6 Å². The molecule has 0 saturated heterocycles. The van der Waals surface area contributed by atoms with Crippen LogP contribution in [0.4, 0.5) is 10.5 Å². The molecule has 2 N–H and O–H groups in total. The third-order valence-electron chi connectivity index (χ3n) is 4.22. The zero-order valence-electron chi connectivity index (χ0n) is 16.8. The number of urea groups is 1. The molecule has 0 bridgehead atoms. The Morgan fingerprint density at radius 1 is 1.24 bits per heavy atom. The third kappa shape index (κ3) is 5.23. The highest BCUT2D eigenvalue weighted by molar-refractivity contribution is 6.29. The van der Waals surface area contributed by atoms with Crippen molar-refractivity contribution >= 4 is 23.3 Å². The van der Waals surface area contributed by atoms with Crippen molar-refractivity contribution in [1.82, 2.24) is 25.1 Å².